The minimum Gasteiger partial charge on any atom is -0.437 e. The zero-order valence-electron chi connectivity index (χ0n) is 27.1. The number of hydrogen-bond acceptors (Lipinski definition) is 3. The molecule has 3 heteroatoms. The number of pyridine rings is 2. The summed E-state index contributed by atoms with van der Waals surface area (Å²) in [5, 5.41) is 1.19. The molecule has 0 saturated heterocycles. The van der Waals surface area contributed by atoms with E-state index in [0.717, 1.165) is 12.3 Å². The lowest BCUT2D eigenvalue weighted by Gasteiger charge is -2.12. The number of fused-ring (bicyclic) bond motifs is 3. The Morgan fingerprint density at radius 2 is 1.76 bits per heavy atom. The Morgan fingerprint density at radius 1 is 0.793 bits per heavy atom. The third-order valence-corrected chi connectivity index (χ3v) is 4.85. The van der Waals surface area contributed by atoms with Crippen molar-refractivity contribution < 1.29 is 20.9 Å². The van der Waals surface area contributed by atoms with Crippen molar-refractivity contribution in [2.45, 2.75) is 27.4 Å². The summed E-state index contributed by atoms with van der Waals surface area (Å²) in [6.07, 6.45) is 1.14. The lowest BCUT2D eigenvalue weighted by atomic mass is 9.94. The summed E-state index contributed by atoms with van der Waals surface area (Å²) in [7, 11) is 0. The van der Waals surface area contributed by atoms with E-state index in [-0.39, 0.29) is 44.9 Å². The van der Waals surface area contributed by atoms with Crippen LogP contribution in [0, 0.1) is 27.4 Å². The van der Waals surface area contributed by atoms with Gasteiger partial charge in [-0.2, -0.15) is 0 Å². The molecular weight excluding hydrogens is 356 g/mol. The van der Waals surface area contributed by atoms with Crippen LogP contribution in [0.15, 0.2) is 65.2 Å². The Hall–Kier alpha value is -3.46. The smallest absolute Gasteiger partial charge is 0.227 e. The third-order valence-electron chi connectivity index (χ3n) is 4.85. The van der Waals surface area contributed by atoms with Gasteiger partial charge in [-0.3, -0.25) is 4.98 Å². The number of aryl methyl sites for hydroxylation is 4. The second-order valence-electron chi connectivity index (χ2n) is 6.71. The lowest BCUT2D eigenvalue weighted by molar-refractivity contribution is 0.653. The molecular formula is C26H22N2O. The minimum atomic E-state index is -2.75. The van der Waals surface area contributed by atoms with Gasteiger partial charge in [0, 0.05) is 44.7 Å². The summed E-state index contributed by atoms with van der Waals surface area (Å²) in [6, 6.07) is 13.2. The fourth-order valence-electron chi connectivity index (χ4n) is 3.49. The highest BCUT2D eigenvalue weighted by molar-refractivity contribution is 6.08. The normalized spacial score (nSPS) is 19.3. The molecule has 142 valence electrons. The monoisotopic (exact) mass is 390 g/mol. The van der Waals surface area contributed by atoms with E-state index in [1.807, 2.05) is 0 Å². The molecule has 0 bridgehead atoms. The van der Waals surface area contributed by atoms with Crippen molar-refractivity contribution in [3.8, 4) is 22.4 Å². The van der Waals surface area contributed by atoms with Gasteiger partial charge in [-0.1, -0.05) is 35.9 Å². The molecule has 5 aromatic rings. The molecule has 3 heterocycles. The molecule has 0 radical (unpaired) electrons. The molecule has 5 rings (SSSR count). The van der Waals surface area contributed by atoms with Crippen LogP contribution in [0.3, 0.4) is 0 Å². The predicted molar refractivity (Wildman–Crippen MR) is 119 cm³/mol. The summed E-state index contributed by atoms with van der Waals surface area (Å²) in [5.74, 6) is 0. The van der Waals surface area contributed by atoms with Gasteiger partial charge in [-0.15, -0.1) is 0 Å². The van der Waals surface area contributed by atoms with Gasteiger partial charge in [0.2, 0.25) is 5.71 Å². The molecule has 0 spiro atoms. The molecule has 29 heavy (non-hydrogen) atoms. The van der Waals surface area contributed by atoms with Crippen LogP contribution in [0.25, 0.3) is 44.5 Å². The summed E-state index contributed by atoms with van der Waals surface area (Å²) in [5.41, 5.74) is 0.360. The van der Waals surface area contributed by atoms with E-state index in [4.69, 9.17) is 20.9 Å². The summed E-state index contributed by atoms with van der Waals surface area (Å²) in [6.45, 7) is -10.4. The van der Waals surface area contributed by atoms with Crippen molar-refractivity contribution >= 4 is 22.1 Å². The Morgan fingerprint density at radius 3 is 2.62 bits per heavy atom. The Balaban J connectivity index is 1.78. The number of benzene rings is 2. The number of rotatable bonds is 2. The average Bonchev–Trinajstić information content (AvgIpc) is 3.24. The molecule has 0 unspecified atom stereocenters. The van der Waals surface area contributed by atoms with E-state index in [0.29, 0.717) is 21.9 Å². The van der Waals surface area contributed by atoms with Crippen molar-refractivity contribution in [2.75, 3.05) is 0 Å². The first-order valence-electron chi connectivity index (χ1n) is 14.8. The summed E-state index contributed by atoms with van der Waals surface area (Å²) < 4.78 is 100. The van der Waals surface area contributed by atoms with Crippen LogP contribution in [0.1, 0.15) is 38.8 Å². The van der Waals surface area contributed by atoms with Gasteiger partial charge in [0.15, 0.2) is 0 Å². The molecule has 0 N–H and O–H groups in total. The van der Waals surface area contributed by atoms with Crippen LogP contribution >= 0.6 is 0 Å². The molecule has 0 atom stereocenters. The molecule has 0 aliphatic heterocycles. The average molecular weight is 391 g/mol. The molecule has 0 fully saturated rings. The quantitative estimate of drug-likeness (QED) is 0.327. The van der Waals surface area contributed by atoms with Crippen LogP contribution in [0.5, 0.6) is 0 Å². The van der Waals surface area contributed by atoms with Gasteiger partial charge >= 0.3 is 0 Å². The van der Waals surface area contributed by atoms with E-state index in [1.54, 1.807) is 24.3 Å². The molecule has 2 aromatic carbocycles. The van der Waals surface area contributed by atoms with Crippen molar-refractivity contribution in [3.63, 3.8) is 0 Å². The number of aromatic nitrogens is 2. The Bertz CT molecular complexity index is 1790. The first-order chi connectivity index (χ1) is 18.9. The van der Waals surface area contributed by atoms with Gasteiger partial charge in [0.25, 0.3) is 0 Å². The Labute approximate surface area is 186 Å². The predicted octanol–water partition coefficient (Wildman–Crippen LogP) is 6.94. The van der Waals surface area contributed by atoms with E-state index >= 15 is 0 Å². The van der Waals surface area contributed by atoms with Crippen molar-refractivity contribution in [1.82, 2.24) is 9.97 Å². The van der Waals surface area contributed by atoms with Gasteiger partial charge in [0.1, 0.15) is 5.58 Å². The summed E-state index contributed by atoms with van der Waals surface area (Å²) >= 11 is 0. The van der Waals surface area contributed by atoms with Crippen LogP contribution in [-0.2, 0) is 0 Å². The molecule has 0 saturated carbocycles. The lowest BCUT2D eigenvalue weighted by Crippen LogP contribution is -1.92. The first-order valence-corrected chi connectivity index (χ1v) is 8.85. The van der Waals surface area contributed by atoms with Crippen LogP contribution in [0.4, 0.5) is 0 Å². The highest BCUT2D eigenvalue weighted by atomic mass is 16.3. The third kappa shape index (κ3) is 2.90. The molecule has 0 aliphatic carbocycles. The largest absolute Gasteiger partial charge is 0.437 e. The second kappa shape index (κ2) is 6.56. The maximum atomic E-state index is 8.07. The fourth-order valence-corrected chi connectivity index (χ4v) is 3.49. The zero-order valence-corrected chi connectivity index (χ0v) is 15.1. The molecule has 3 aromatic heterocycles. The molecule has 3 nitrogen and oxygen atoms in total. The van der Waals surface area contributed by atoms with E-state index in [2.05, 4.69) is 9.97 Å². The molecule has 0 amide bonds. The maximum Gasteiger partial charge on any atom is 0.227 e. The van der Waals surface area contributed by atoms with E-state index in [9.17, 15) is 0 Å². The number of furan rings is 1. The van der Waals surface area contributed by atoms with Gasteiger partial charge in [0.05, 0.1) is 5.69 Å². The van der Waals surface area contributed by atoms with Crippen molar-refractivity contribution in [1.29, 1.82) is 0 Å². The van der Waals surface area contributed by atoms with Crippen molar-refractivity contribution in [3.05, 3.63) is 83.2 Å². The second-order valence-corrected chi connectivity index (χ2v) is 6.71. The zero-order chi connectivity index (χ0) is 30.1. The number of nitrogens with zero attached hydrogens (tertiary/aromatic N) is 2. The summed E-state index contributed by atoms with van der Waals surface area (Å²) in [4.78, 5) is 8.53. The first kappa shape index (κ1) is 8.91. The number of para-hydroxylation sites is 1. The van der Waals surface area contributed by atoms with Crippen LogP contribution in [-0.4, -0.2) is 9.97 Å². The maximum absolute atomic E-state index is 8.07. The van der Waals surface area contributed by atoms with E-state index in [1.165, 1.54) is 24.3 Å². The van der Waals surface area contributed by atoms with Gasteiger partial charge in [-0.05, 0) is 73.9 Å². The van der Waals surface area contributed by atoms with E-state index < -0.39 is 27.4 Å². The topological polar surface area (TPSA) is 38.9 Å². The minimum absolute atomic E-state index is 0.0357. The van der Waals surface area contributed by atoms with Gasteiger partial charge < -0.3 is 4.42 Å². The number of hydrogen-bond donors (Lipinski definition) is 0. The van der Waals surface area contributed by atoms with Gasteiger partial charge in [-0.25, -0.2) is 4.98 Å². The highest BCUT2D eigenvalue weighted by Gasteiger charge is 2.15. The van der Waals surface area contributed by atoms with Crippen LogP contribution < -0.4 is 0 Å². The SMILES string of the molecule is [2H]C([2H])([2H])c1ccc(-c2cc(-c3cccc4c3oc3nc(C([2H])([2H])[2H])ccc34)ncc2C([2H])([2H])[2H])c(C([2H])([2H])[2H])c1. The Kier molecular flexibility index (Phi) is 2.02. The standard InChI is InChI=1S/C26H22N2O/c1-15-8-10-19(16(2)12-15)23-13-24(27-14-17(23)3)22-7-5-6-20-21-11-9-18(4)28-26(21)29-25(20)22/h5-14H,1-4H3/i1D3,2D3,3D3,4D3. The molecule has 0 aliphatic rings. The fraction of sp³-hybridized carbons (Fsp3) is 0.154. The van der Waals surface area contributed by atoms with Crippen LogP contribution in [0.2, 0.25) is 0 Å². The van der Waals surface area contributed by atoms with Crippen molar-refractivity contribution in [2.24, 2.45) is 0 Å². The highest BCUT2D eigenvalue weighted by Crippen LogP contribution is 2.36.